The minimum atomic E-state index is -0.725. The zero-order valence-corrected chi connectivity index (χ0v) is 18.7. The van der Waals surface area contributed by atoms with Crippen molar-refractivity contribution in [3.05, 3.63) is 35.0 Å². The number of cyclic esters (lactones) is 1. The molecule has 11 heteroatoms. The van der Waals surface area contributed by atoms with E-state index in [9.17, 15) is 14.0 Å². The van der Waals surface area contributed by atoms with Crippen molar-refractivity contribution < 1.29 is 23.5 Å². The first-order valence-electron chi connectivity index (χ1n) is 10.9. The monoisotopic (exact) mass is 456 g/mol. The Morgan fingerprint density at radius 2 is 2.06 bits per heavy atom. The number of anilines is 2. The Balaban J connectivity index is 1.23. The first-order valence-corrected chi connectivity index (χ1v) is 10.9. The van der Waals surface area contributed by atoms with Gasteiger partial charge in [0.15, 0.2) is 18.2 Å². The average Bonchev–Trinajstić information content (AvgIpc) is 3.37. The lowest BCUT2D eigenvalue weighted by Gasteiger charge is -2.28. The smallest absolute Gasteiger partial charge is 0.416 e. The van der Waals surface area contributed by atoms with E-state index in [1.165, 1.54) is 17.3 Å². The van der Waals surface area contributed by atoms with Crippen molar-refractivity contribution in [2.45, 2.75) is 44.8 Å². The molecule has 0 aromatic carbocycles. The number of rotatable bonds is 5. The molecule has 0 spiro atoms. The van der Waals surface area contributed by atoms with Gasteiger partial charge in [-0.15, -0.1) is 0 Å². The Labute approximate surface area is 190 Å². The summed E-state index contributed by atoms with van der Waals surface area (Å²) in [7, 11) is 2.01. The van der Waals surface area contributed by atoms with Crippen LogP contribution in [0.2, 0.25) is 0 Å². The molecule has 5 rings (SSSR count). The number of carbonyl (C=O) groups is 2. The molecule has 0 bridgehead atoms. The van der Waals surface area contributed by atoms with Crippen LogP contribution in [0.1, 0.15) is 30.2 Å². The molecule has 2 aromatic rings. The van der Waals surface area contributed by atoms with Crippen molar-refractivity contribution in [1.29, 1.82) is 0 Å². The first kappa shape index (κ1) is 21.5. The molecule has 1 fully saturated rings. The van der Waals surface area contributed by atoms with Gasteiger partial charge in [-0.1, -0.05) is 0 Å². The zero-order chi connectivity index (χ0) is 23.3. The fraction of sp³-hybridized carbons (Fsp3) is 0.500. The van der Waals surface area contributed by atoms with E-state index in [0.717, 1.165) is 23.2 Å². The van der Waals surface area contributed by atoms with Gasteiger partial charge in [0.25, 0.3) is 11.8 Å². The van der Waals surface area contributed by atoms with Gasteiger partial charge in [-0.2, -0.15) is 0 Å². The normalized spacial score (nSPS) is 23.8. The predicted molar refractivity (Wildman–Crippen MR) is 116 cm³/mol. The second kappa shape index (κ2) is 7.91. The van der Waals surface area contributed by atoms with Crippen LogP contribution in [0.15, 0.2) is 12.4 Å². The highest BCUT2D eigenvalue weighted by atomic mass is 19.1. The van der Waals surface area contributed by atoms with E-state index in [1.54, 1.807) is 0 Å². The summed E-state index contributed by atoms with van der Waals surface area (Å²) >= 11 is 0. The number of fused-ring (bicyclic) bond motifs is 2. The molecule has 1 aliphatic carbocycles. The van der Waals surface area contributed by atoms with Crippen molar-refractivity contribution >= 4 is 23.6 Å². The minimum Gasteiger partial charge on any atom is -0.465 e. The quantitative estimate of drug-likeness (QED) is 0.726. The van der Waals surface area contributed by atoms with Gasteiger partial charge in [-0.05, 0) is 44.9 Å². The lowest BCUT2D eigenvalue weighted by molar-refractivity contribution is -0.118. The number of aryl methyl sites for hydroxylation is 1. The molecule has 2 amide bonds. The summed E-state index contributed by atoms with van der Waals surface area (Å²) in [6, 6.07) is 0.171. The third-order valence-electron chi connectivity index (χ3n) is 6.60. The summed E-state index contributed by atoms with van der Waals surface area (Å²) in [6.45, 7) is 4.64. The molecule has 2 aromatic heterocycles. The molecule has 0 saturated carbocycles. The SMILES string of the molecule is Cc1ncc(F)c2c1CC(N(C)CCC1(C)CN(c3cnc4c(n3)NC(=O)CO4)C(=O)O1)C2. The summed E-state index contributed by atoms with van der Waals surface area (Å²) < 4.78 is 25.1. The van der Waals surface area contributed by atoms with Crippen molar-refractivity contribution in [2.24, 2.45) is 0 Å². The summed E-state index contributed by atoms with van der Waals surface area (Å²) in [6.07, 6.45) is 4.19. The van der Waals surface area contributed by atoms with Crippen LogP contribution < -0.4 is 15.0 Å². The van der Waals surface area contributed by atoms with E-state index < -0.39 is 11.7 Å². The number of nitrogens with one attached hydrogen (secondary N) is 1. The summed E-state index contributed by atoms with van der Waals surface area (Å²) in [5.41, 5.74) is 1.91. The Kier molecular flexibility index (Phi) is 5.15. The number of nitrogens with zero attached hydrogens (tertiary/aromatic N) is 5. The summed E-state index contributed by atoms with van der Waals surface area (Å²) in [5.74, 6) is 0.112. The highest BCUT2D eigenvalue weighted by Gasteiger charge is 2.43. The largest absolute Gasteiger partial charge is 0.465 e. The molecule has 1 N–H and O–H groups in total. The van der Waals surface area contributed by atoms with Gasteiger partial charge in [0, 0.05) is 24.7 Å². The standard InChI is InChI=1S/C22H25FN6O4/c1-12-14-6-13(7-15(14)16(23)8-24-12)28(3)5-4-22(2)11-29(21(31)33-22)17-9-25-20-19(26-17)27-18(30)10-32-20/h8-9,13H,4-7,10-11H2,1-3H3,(H,26,27,30). The fourth-order valence-electron chi connectivity index (χ4n) is 4.60. The van der Waals surface area contributed by atoms with Crippen LogP contribution in [0.25, 0.3) is 0 Å². The van der Waals surface area contributed by atoms with Crippen molar-refractivity contribution in [3.63, 3.8) is 0 Å². The predicted octanol–water partition coefficient (Wildman–Crippen LogP) is 1.85. The summed E-state index contributed by atoms with van der Waals surface area (Å²) in [5, 5.41) is 2.59. The van der Waals surface area contributed by atoms with Gasteiger partial charge in [0.05, 0.1) is 18.9 Å². The number of aromatic nitrogens is 3. The number of hydrogen-bond acceptors (Lipinski definition) is 8. The molecule has 4 heterocycles. The molecule has 1 saturated heterocycles. The Hall–Kier alpha value is -3.34. The number of carbonyl (C=O) groups excluding carboxylic acids is 2. The van der Waals surface area contributed by atoms with Gasteiger partial charge in [0.1, 0.15) is 11.4 Å². The lowest BCUT2D eigenvalue weighted by Crippen LogP contribution is -2.39. The molecule has 174 valence electrons. The van der Waals surface area contributed by atoms with Crippen molar-refractivity contribution in [1.82, 2.24) is 19.9 Å². The van der Waals surface area contributed by atoms with Crippen LogP contribution in [0, 0.1) is 12.7 Å². The van der Waals surface area contributed by atoms with Gasteiger partial charge in [-0.3, -0.25) is 14.7 Å². The molecular formula is C22H25FN6O4. The van der Waals surface area contributed by atoms with Gasteiger partial charge >= 0.3 is 6.09 Å². The van der Waals surface area contributed by atoms with Crippen LogP contribution in [0.5, 0.6) is 5.88 Å². The van der Waals surface area contributed by atoms with E-state index in [4.69, 9.17) is 9.47 Å². The van der Waals surface area contributed by atoms with Crippen LogP contribution >= 0.6 is 0 Å². The topological polar surface area (TPSA) is 110 Å². The maximum atomic E-state index is 14.2. The van der Waals surface area contributed by atoms with Crippen LogP contribution in [0.4, 0.5) is 20.8 Å². The molecule has 2 aliphatic heterocycles. The third-order valence-corrected chi connectivity index (χ3v) is 6.60. The molecule has 2 unspecified atom stereocenters. The first-order chi connectivity index (χ1) is 15.7. The molecule has 33 heavy (non-hydrogen) atoms. The number of ether oxygens (including phenoxy) is 2. The Morgan fingerprint density at radius 1 is 1.27 bits per heavy atom. The van der Waals surface area contributed by atoms with Gasteiger partial charge in [-0.25, -0.2) is 19.2 Å². The Bertz CT molecular complexity index is 1110. The van der Waals surface area contributed by atoms with E-state index in [0.29, 0.717) is 25.9 Å². The van der Waals surface area contributed by atoms with Crippen molar-refractivity contribution in [3.8, 4) is 5.88 Å². The molecule has 10 nitrogen and oxygen atoms in total. The van der Waals surface area contributed by atoms with Crippen LogP contribution in [0.3, 0.4) is 0 Å². The third kappa shape index (κ3) is 3.97. The molecule has 3 aliphatic rings. The minimum absolute atomic E-state index is 0.118. The number of likely N-dealkylation sites (N-methyl/N-ethyl adjacent to an activating group) is 1. The highest BCUT2D eigenvalue weighted by molar-refractivity contribution is 5.94. The molecule has 0 radical (unpaired) electrons. The summed E-state index contributed by atoms with van der Waals surface area (Å²) in [4.78, 5) is 40.4. The maximum Gasteiger partial charge on any atom is 0.416 e. The van der Waals surface area contributed by atoms with E-state index in [2.05, 4.69) is 25.2 Å². The maximum absolute atomic E-state index is 14.2. The Morgan fingerprint density at radius 3 is 2.85 bits per heavy atom. The lowest BCUT2D eigenvalue weighted by atomic mass is 10.0. The fourth-order valence-corrected chi connectivity index (χ4v) is 4.60. The number of amides is 2. The average molecular weight is 456 g/mol. The van der Waals surface area contributed by atoms with Crippen molar-refractivity contribution in [2.75, 3.05) is 37.0 Å². The van der Waals surface area contributed by atoms with Crippen LogP contribution in [-0.4, -0.2) is 70.2 Å². The second-order valence-corrected chi connectivity index (χ2v) is 9.06. The number of halogens is 1. The number of hydrogen-bond donors (Lipinski definition) is 1. The zero-order valence-electron chi connectivity index (χ0n) is 18.7. The van der Waals surface area contributed by atoms with Crippen LogP contribution in [-0.2, 0) is 22.4 Å². The highest BCUT2D eigenvalue weighted by Crippen LogP contribution is 2.33. The number of pyridine rings is 1. The van der Waals surface area contributed by atoms with Gasteiger partial charge < -0.3 is 19.7 Å². The second-order valence-electron chi connectivity index (χ2n) is 9.06. The van der Waals surface area contributed by atoms with E-state index >= 15 is 0 Å². The van der Waals surface area contributed by atoms with Gasteiger partial charge in [0.2, 0.25) is 0 Å². The van der Waals surface area contributed by atoms with E-state index in [1.807, 2.05) is 20.9 Å². The molecule has 2 atom stereocenters. The molecular weight excluding hydrogens is 431 g/mol. The van der Waals surface area contributed by atoms with E-state index in [-0.39, 0.29) is 41.9 Å².